The van der Waals surface area contributed by atoms with Gasteiger partial charge in [-0.15, -0.1) is 0 Å². The van der Waals surface area contributed by atoms with E-state index in [0.29, 0.717) is 22.7 Å². The van der Waals surface area contributed by atoms with Gasteiger partial charge in [0.25, 0.3) is 11.8 Å². The number of ether oxygens (including phenoxy) is 1. The molecule has 1 heterocycles. The second kappa shape index (κ2) is 5.65. The standard InChI is InChI=1S/C17H11NO4/c19-11-12-4-6-14(7-5-12)22-15-3-1-2-13(10-15)18-16(20)8-9-17(18)21/h1-11H. The van der Waals surface area contributed by atoms with Crippen molar-refractivity contribution in [1.82, 2.24) is 0 Å². The normalized spacial score (nSPS) is 13.5. The first-order chi connectivity index (χ1) is 10.7. The van der Waals surface area contributed by atoms with Crippen LogP contribution in [-0.2, 0) is 9.59 Å². The van der Waals surface area contributed by atoms with Crippen molar-refractivity contribution in [3.63, 3.8) is 0 Å². The highest BCUT2D eigenvalue weighted by Gasteiger charge is 2.25. The molecule has 1 aliphatic heterocycles. The van der Waals surface area contributed by atoms with Crippen molar-refractivity contribution in [1.29, 1.82) is 0 Å². The van der Waals surface area contributed by atoms with Crippen LogP contribution in [0.5, 0.6) is 11.5 Å². The maximum atomic E-state index is 11.7. The van der Waals surface area contributed by atoms with Crippen LogP contribution in [0.4, 0.5) is 5.69 Å². The van der Waals surface area contributed by atoms with Crippen LogP contribution in [0.3, 0.4) is 0 Å². The predicted molar refractivity (Wildman–Crippen MR) is 80.0 cm³/mol. The van der Waals surface area contributed by atoms with E-state index in [9.17, 15) is 14.4 Å². The largest absolute Gasteiger partial charge is 0.457 e. The molecule has 0 radical (unpaired) electrons. The molecular formula is C17H11NO4. The Morgan fingerprint density at radius 2 is 1.55 bits per heavy atom. The second-order valence-electron chi connectivity index (χ2n) is 4.63. The van der Waals surface area contributed by atoms with Crippen molar-refractivity contribution in [2.75, 3.05) is 4.90 Å². The molecule has 0 bridgehead atoms. The van der Waals surface area contributed by atoms with E-state index in [-0.39, 0.29) is 11.8 Å². The van der Waals surface area contributed by atoms with Crippen molar-refractivity contribution in [3.05, 3.63) is 66.2 Å². The van der Waals surface area contributed by atoms with Gasteiger partial charge < -0.3 is 4.74 Å². The average Bonchev–Trinajstić information content (AvgIpc) is 2.87. The molecule has 2 aromatic rings. The van der Waals surface area contributed by atoms with Gasteiger partial charge in [-0.25, -0.2) is 4.90 Å². The van der Waals surface area contributed by atoms with Gasteiger partial charge in [-0.1, -0.05) is 6.07 Å². The smallest absolute Gasteiger partial charge is 0.258 e. The van der Waals surface area contributed by atoms with Gasteiger partial charge in [-0.3, -0.25) is 14.4 Å². The zero-order valence-corrected chi connectivity index (χ0v) is 11.4. The number of carbonyl (C=O) groups excluding carboxylic acids is 3. The summed E-state index contributed by atoms with van der Waals surface area (Å²) in [6.45, 7) is 0. The summed E-state index contributed by atoms with van der Waals surface area (Å²) in [4.78, 5) is 35.0. The summed E-state index contributed by atoms with van der Waals surface area (Å²) < 4.78 is 5.66. The van der Waals surface area contributed by atoms with Crippen LogP contribution in [-0.4, -0.2) is 18.1 Å². The molecule has 0 atom stereocenters. The highest BCUT2D eigenvalue weighted by Crippen LogP contribution is 2.27. The van der Waals surface area contributed by atoms with E-state index >= 15 is 0 Å². The van der Waals surface area contributed by atoms with Crippen LogP contribution >= 0.6 is 0 Å². The molecule has 2 aromatic carbocycles. The number of hydrogen-bond donors (Lipinski definition) is 0. The van der Waals surface area contributed by atoms with Crippen LogP contribution < -0.4 is 9.64 Å². The number of aldehydes is 1. The van der Waals surface area contributed by atoms with Crippen LogP contribution in [0.25, 0.3) is 0 Å². The number of amides is 2. The highest BCUT2D eigenvalue weighted by atomic mass is 16.5. The number of hydrogen-bond acceptors (Lipinski definition) is 4. The number of imide groups is 1. The minimum Gasteiger partial charge on any atom is -0.457 e. The maximum absolute atomic E-state index is 11.7. The predicted octanol–water partition coefficient (Wildman–Crippen LogP) is 2.72. The molecular weight excluding hydrogens is 282 g/mol. The summed E-state index contributed by atoms with van der Waals surface area (Å²) >= 11 is 0. The molecule has 5 heteroatoms. The van der Waals surface area contributed by atoms with E-state index in [0.717, 1.165) is 11.2 Å². The quantitative estimate of drug-likeness (QED) is 0.642. The summed E-state index contributed by atoms with van der Waals surface area (Å²) in [5.41, 5.74) is 1.00. The Bertz CT molecular complexity index is 760. The Kier molecular flexibility index (Phi) is 3.53. The number of benzene rings is 2. The van der Waals surface area contributed by atoms with E-state index in [1.54, 1.807) is 48.5 Å². The molecule has 3 rings (SSSR count). The fourth-order valence-electron chi connectivity index (χ4n) is 2.09. The molecule has 0 saturated heterocycles. The Hall–Kier alpha value is -3.21. The van der Waals surface area contributed by atoms with Crippen molar-refractivity contribution < 1.29 is 19.1 Å². The second-order valence-corrected chi connectivity index (χ2v) is 4.63. The average molecular weight is 293 g/mol. The molecule has 0 N–H and O–H groups in total. The van der Waals surface area contributed by atoms with E-state index in [1.807, 2.05) is 0 Å². The topological polar surface area (TPSA) is 63.7 Å². The van der Waals surface area contributed by atoms with Gasteiger partial charge >= 0.3 is 0 Å². The Balaban J connectivity index is 1.83. The molecule has 5 nitrogen and oxygen atoms in total. The lowest BCUT2D eigenvalue weighted by Gasteiger charge is -2.15. The first-order valence-electron chi connectivity index (χ1n) is 6.57. The lowest BCUT2D eigenvalue weighted by Crippen LogP contribution is -2.29. The fraction of sp³-hybridized carbons (Fsp3) is 0. The van der Waals surface area contributed by atoms with E-state index in [2.05, 4.69) is 0 Å². The maximum Gasteiger partial charge on any atom is 0.258 e. The monoisotopic (exact) mass is 293 g/mol. The fourth-order valence-corrected chi connectivity index (χ4v) is 2.09. The van der Waals surface area contributed by atoms with E-state index in [4.69, 9.17) is 4.74 Å². The van der Waals surface area contributed by atoms with Gasteiger partial charge in [-0.2, -0.15) is 0 Å². The molecule has 0 aliphatic carbocycles. The van der Waals surface area contributed by atoms with E-state index < -0.39 is 0 Å². The molecule has 1 aliphatic rings. The molecule has 22 heavy (non-hydrogen) atoms. The first kappa shape index (κ1) is 13.8. The molecule has 0 fully saturated rings. The minimum atomic E-state index is -0.377. The third-order valence-corrected chi connectivity index (χ3v) is 3.14. The van der Waals surface area contributed by atoms with E-state index in [1.165, 1.54) is 12.2 Å². The Morgan fingerprint density at radius 1 is 0.864 bits per heavy atom. The van der Waals surface area contributed by atoms with Gasteiger partial charge in [0.2, 0.25) is 0 Å². The summed E-state index contributed by atoms with van der Waals surface area (Å²) in [6.07, 6.45) is 3.21. The van der Waals surface area contributed by atoms with Crippen LogP contribution in [0.15, 0.2) is 60.7 Å². The third-order valence-electron chi connectivity index (χ3n) is 3.14. The summed E-state index contributed by atoms with van der Waals surface area (Å²) in [7, 11) is 0. The van der Waals surface area contributed by atoms with Gasteiger partial charge in [0, 0.05) is 23.8 Å². The lowest BCUT2D eigenvalue weighted by molar-refractivity contribution is -0.119. The molecule has 0 aromatic heterocycles. The van der Waals surface area contributed by atoms with Crippen molar-refractivity contribution >= 4 is 23.8 Å². The highest BCUT2D eigenvalue weighted by molar-refractivity contribution is 6.28. The van der Waals surface area contributed by atoms with Gasteiger partial charge in [0.15, 0.2) is 0 Å². The first-order valence-corrected chi connectivity index (χ1v) is 6.57. The number of rotatable bonds is 4. The summed E-state index contributed by atoms with van der Waals surface area (Å²) in [6, 6.07) is 13.3. The molecule has 2 amide bonds. The van der Waals surface area contributed by atoms with Crippen LogP contribution in [0.1, 0.15) is 10.4 Å². The lowest BCUT2D eigenvalue weighted by atomic mass is 10.2. The van der Waals surface area contributed by atoms with Crippen molar-refractivity contribution in [2.45, 2.75) is 0 Å². The van der Waals surface area contributed by atoms with Gasteiger partial charge in [0.1, 0.15) is 17.8 Å². The minimum absolute atomic E-state index is 0.377. The number of nitrogens with zero attached hydrogens (tertiary/aromatic N) is 1. The summed E-state index contributed by atoms with van der Waals surface area (Å²) in [5.74, 6) is 0.291. The van der Waals surface area contributed by atoms with Gasteiger partial charge in [-0.05, 0) is 36.4 Å². The molecule has 0 saturated carbocycles. The molecule has 108 valence electrons. The Labute approximate surface area is 126 Å². The summed E-state index contributed by atoms with van der Waals surface area (Å²) in [5, 5.41) is 0. The molecule has 0 spiro atoms. The number of anilines is 1. The zero-order chi connectivity index (χ0) is 15.5. The Morgan fingerprint density at radius 3 is 2.18 bits per heavy atom. The van der Waals surface area contributed by atoms with Crippen LogP contribution in [0, 0.1) is 0 Å². The SMILES string of the molecule is O=Cc1ccc(Oc2cccc(N3C(=O)C=CC3=O)c2)cc1. The zero-order valence-electron chi connectivity index (χ0n) is 11.4. The van der Waals surface area contributed by atoms with Crippen LogP contribution in [0.2, 0.25) is 0 Å². The molecule has 0 unspecified atom stereocenters. The van der Waals surface area contributed by atoms with Gasteiger partial charge in [0.05, 0.1) is 5.69 Å². The van der Waals surface area contributed by atoms with Crippen molar-refractivity contribution in [2.24, 2.45) is 0 Å². The van der Waals surface area contributed by atoms with Crippen molar-refractivity contribution in [3.8, 4) is 11.5 Å². The number of carbonyl (C=O) groups is 3. The third kappa shape index (κ3) is 2.64.